The number of hydrogen-bond donors (Lipinski definition) is 1. The number of amides is 1. The van der Waals surface area contributed by atoms with Crippen molar-refractivity contribution in [2.24, 2.45) is 7.05 Å². The molecule has 0 saturated carbocycles. The van der Waals surface area contributed by atoms with E-state index in [1.165, 1.54) is 0 Å². The largest absolute Gasteiger partial charge is 0.306 e. The molecule has 0 spiro atoms. The number of nitrogens with zero attached hydrogens (tertiary/aromatic N) is 8. The molecule has 158 valence electrons. The zero-order valence-corrected chi connectivity index (χ0v) is 17.4. The molecule has 0 bridgehead atoms. The molecule has 5 rings (SSSR count). The van der Waals surface area contributed by atoms with Gasteiger partial charge in [0.1, 0.15) is 11.5 Å². The molecule has 10 heteroatoms. The number of carbonyl (C=O) groups excluding carboxylic acids is 1. The minimum Gasteiger partial charge on any atom is -0.306 e. The molecule has 1 amide bonds. The lowest BCUT2D eigenvalue weighted by Crippen LogP contribution is -2.31. The molecule has 0 aliphatic carbocycles. The summed E-state index contributed by atoms with van der Waals surface area (Å²) in [5.74, 6) is 0.245. The minimum atomic E-state index is -0.228. The highest BCUT2D eigenvalue weighted by Gasteiger charge is 2.20. The van der Waals surface area contributed by atoms with Crippen molar-refractivity contribution in [2.75, 3.05) is 25.5 Å². The number of fused-ring (bicyclic) bond motifs is 1. The van der Waals surface area contributed by atoms with E-state index in [-0.39, 0.29) is 5.91 Å². The van der Waals surface area contributed by atoms with E-state index in [9.17, 15) is 4.79 Å². The summed E-state index contributed by atoms with van der Waals surface area (Å²) in [6.07, 6.45) is 10.7. The number of carbonyl (C=O) groups is 1. The lowest BCUT2D eigenvalue weighted by molar-refractivity contribution is 0.102. The molecular formula is C21H23N9O. The van der Waals surface area contributed by atoms with E-state index in [4.69, 9.17) is 0 Å². The molecule has 1 saturated heterocycles. The normalized spacial score (nSPS) is 15.4. The Balaban J connectivity index is 1.33. The van der Waals surface area contributed by atoms with Crippen molar-refractivity contribution in [3.63, 3.8) is 0 Å². The smallest absolute Gasteiger partial charge is 0.260 e. The number of likely N-dealkylation sites (tertiary alicyclic amines) is 1. The summed E-state index contributed by atoms with van der Waals surface area (Å²) in [7, 11) is 3.94. The second-order valence-electron chi connectivity index (χ2n) is 7.96. The molecule has 0 unspecified atom stereocenters. The number of pyridine rings is 2. The number of aromatic nitrogens is 7. The molecule has 10 nitrogen and oxygen atoms in total. The topological polar surface area (TPSA) is 107 Å². The van der Waals surface area contributed by atoms with Gasteiger partial charge in [-0.3, -0.25) is 19.1 Å². The molecule has 1 fully saturated rings. The number of hydrogen-bond acceptors (Lipinski definition) is 7. The second-order valence-corrected chi connectivity index (χ2v) is 7.96. The maximum Gasteiger partial charge on any atom is 0.260 e. The molecule has 0 radical (unpaired) electrons. The monoisotopic (exact) mass is 417 g/mol. The Kier molecular flexibility index (Phi) is 4.91. The quantitative estimate of drug-likeness (QED) is 0.542. The predicted molar refractivity (Wildman–Crippen MR) is 115 cm³/mol. The van der Waals surface area contributed by atoms with Crippen molar-refractivity contribution in [2.45, 2.75) is 18.9 Å². The summed E-state index contributed by atoms with van der Waals surface area (Å²) in [6, 6.07) is 4.08. The van der Waals surface area contributed by atoms with Crippen molar-refractivity contribution < 1.29 is 4.79 Å². The van der Waals surface area contributed by atoms with E-state index in [0.717, 1.165) is 36.7 Å². The molecule has 0 aromatic carbocycles. The first-order valence-electron chi connectivity index (χ1n) is 10.2. The third kappa shape index (κ3) is 4.02. The highest BCUT2D eigenvalue weighted by molar-refractivity contribution is 6.04. The van der Waals surface area contributed by atoms with Gasteiger partial charge >= 0.3 is 0 Å². The van der Waals surface area contributed by atoms with Crippen LogP contribution >= 0.6 is 0 Å². The van der Waals surface area contributed by atoms with E-state index in [1.807, 2.05) is 30.1 Å². The number of aryl methyl sites for hydroxylation is 1. The van der Waals surface area contributed by atoms with Crippen LogP contribution < -0.4 is 5.32 Å². The number of nitrogens with one attached hydrogen (secondary N) is 1. The van der Waals surface area contributed by atoms with Crippen LogP contribution in [0, 0.1) is 0 Å². The van der Waals surface area contributed by atoms with Gasteiger partial charge in [0.15, 0.2) is 0 Å². The molecule has 5 heterocycles. The first-order chi connectivity index (χ1) is 15.0. The molecule has 4 aromatic heterocycles. The van der Waals surface area contributed by atoms with Crippen LogP contribution in [0.15, 0.2) is 43.1 Å². The maximum absolute atomic E-state index is 12.7. The molecule has 4 aromatic rings. The summed E-state index contributed by atoms with van der Waals surface area (Å²) in [6.45, 7) is 2.08. The van der Waals surface area contributed by atoms with Gasteiger partial charge in [-0.25, -0.2) is 4.98 Å². The maximum atomic E-state index is 12.7. The van der Waals surface area contributed by atoms with E-state index in [2.05, 4.69) is 42.6 Å². The van der Waals surface area contributed by atoms with E-state index in [0.29, 0.717) is 28.8 Å². The van der Waals surface area contributed by atoms with Crippen LogP contribution in [0.3, 0.4) is 0 Å². The number of anilines is 1. The fourth-order valence-corrected chi connectivity index (χ4v) is 3.81. The first-order valence-corrected chi connectivity index (χ1v) is 10.2. The van der Waals surface area contributed by atoms with Gasteiger partial charge in [-0.2, -0.15) is 5.10 Å². The van der Waals surface area contributed by atoms with Gasteiger partial charge in [-0.05, 0) is 50.5 Å². The number of piperidine rings is 1. The third-order valence-corrected chi connectivity index (χ3v) is 5.64. The Bertz CT molecular complexity index is 1240. The Morgan fingerprint density at radius 1 is 1.00 bits per heavy atom. The van der Waals surface area contributed by atoms with Gasteiger partial charge in [0.25, 0.3) is 5.91 Å². The van der Waals surface area contributed by atoms with Gasteiger partial charge in [0.05, 0.1) is 29.7 Å². The van der Waals surface area contributed by atoms with E-state index >= 15 is 0 Å². The van der Waals surface area contributed by atoms with E-state index < -0.39 is 0 Å². The molecule has 1 N–H and O–H groups in total. The average Bonchev–Trinajstić information content (AvgIpc) is 3.43. The summed E-state index contributed by atoms with van der Waals surface area (Å²) < 4.78 is 3.54. The third-order valence-electron chi connectivity index (χ3n) is 5.64. The molecule has 31 heavy (non-hydrogen) atoms. The Morgan fingerprint density at radius 3 is 2.58 bits per heavy atom. The van der Waals surface area contributed by atoms with Crippen molar-refractivity contribution >= 4 is 22.5 Å². The van der Waals surface area contributed by atoms with Crippen LogP contribution in [-0.4, -0.2) is 65.7 Å². The van der Waals surface area contributed by atoms with Crippen LogP contribution in [0.4, 0.5) is 5.82 Å². The van der Waals surface area contributed by atoms with Gasteiger partial charge < -0.3 is 10.2 Å². The van der Waals surface area contributed by atoms with Crippen molar-refractivity contribution in [1.29, 1.82) is 0 Å². The molecular weight excluding hydrogens is 394 g/mol. The lowest BCUT2D eigenvalue weighted by atomic mass is 10.1. The number of rotatable bonds is 4. The Hall–Kier alpha value is -3.66. The fraction of sp³-hybridized carbons (Fsp3) is 0.333. The van der Waals surface area contributed by atoms with Crippen LogP contribution in [0.2, 0.25) is 0 Å². The first kappa shape index (κ1) is 19.3. The van der Waals surface area contributed by atoms with Gasteiger partial charge in [-0.1, -0.05) is 5.21 Å². The summed E-state index contributed by atoms with van der Waals surface area (Å²) in [5.41, 5.74) is 1.92. The fourth-order valence-electron chi connectivity index (χ4n) is 3.81. The van der Waals surface area contributed by atoms with Crippen LogP contribution in [0.25, 0.3) is 22.2 Å². The molecule has 0 atom stereocenters. The predicted octanol–water partition coefficient (Wildman–Crippen LogP) is 2.14. The van der Waals surface area contributed by atoms with Crippen LogP contribution in [0.1, 0.15) is 29.2 Å². The minimum absolute atomic E-state index is 0.228. The van der Waals surface area contributed by atoms with Crippen LogP contribution in [0.5, 0.6) is 0 Å². The van der Waals surface area contributed by atoms with Gasteiger partial charge in [0, 0.05) is 31.0 Å². The molecule has 1 aliphatic rings. The zero-order chi connectivity index (χ0) is 21.4. The lowest BCUT2D eigenvalue weighted by Gasteiger charge is -2.28. The average molecular weight is 417 g/mol. The standard InChI is InChI=1S/C21H23N9O/c1-28-5-3-17(4-6-28)30-12-16(11-24-30)21(31)25-20-8-14-7-18(19-13-29(2)27-26-19)22-9-15(14)10-23-20/h7-13,17H,3-6H2,1-2H3,(H,23,25,31). The molecule has 1 aliphatic heterocycles. The Labute approximate surface area is 178 Å². The van der Waals surface area contributed by atoms with Gasteiger partial charge in [0.2, 0.25) is 0 Å². The van der Waals surface area contributed by atoms with Crippen molar-refractivity contribution in [3.05, 3.63) is 48.7 Å². The highest BCUT2D eigenvalue weighted by Crippen LogP contribution is 2.23. The zero-order valence-electron chi connectivity index (χ0n) is 17.4. The van der Waals surface area contributed by atoms with Gasteiger partial charge in [-0.15, -0.1) is 5.10 Å². The van der Waals surface area contributed by atoms with Crippen molar-refractivity contribution in [1.82, 2.24) is 39.6 Å². The summed E-state index contributed by atoms with van der Waals surface area (Å²) >= 11 is 0. The second kappa shape index (κ2) is 7.88. The van der Waals surface area contributed by atoms with Crippen LogP contribution in [-0.2, 0) is 7.05 Å². The SMILES string of the molecule is CN1CCC(n2cc(C(=O)Nc3cc4cc(-c5cn(C)nn5)ncc4cn3)cn2)CC1. The Morgan fingerprint density at radius 2 is 1.81 bits per heavy atom. The highest BCUT2D eigenvalue weighted by atomic mass is 16.1. The van der Waals surface area contributed by atoms with Crippen molar-refractivity contribution in [3.8, 4) is 11.4 Å². The van der Waals surface area contributed by atoms with E-state index in [1.54, 1.807) is 29.5 Å². The summed E-state index contributed by atoms with van der Waals surface area (Å²) in [4.78, 5) is 23.8. The summed E-state index contributed by atoms with van der Waals surface area (Å²) in [5, 5.41) is 17.1.